The Morgan fingerprint density at radius 1 is 1.06 bits per heavy atom. The van der Waals surface area contributed by atoms with Crippen molar-refractivity contribution < 1.29 is 13.2 Å². The van der Waals surface area contributed by atoms with Crippen molar-refractivity contribution >= 4 is 15.7 Å². The number of imidazole rings is 1. The van der Waals surface area contributed by atoms with Gasteiger partial charge in [0.05, 0.1) is 30.7 Å². The number of amides is 1. The predicted octanol–water partition coefficient (Wildman–Crippen LogP) is 5.39. The Hall–Kier alpha value is -2.93. The number of aryl methyl sites for hydroxylation is 1. The zero-order chi connectivity index (χ0) is 25.9. The molecular weight excluding hydrogens is 470 g/mol. The van der Waals surface area contributed by atoms with E-state index in [1.165, 1.54) is 0 Å². The summed E-state index contributed by atoms with van der Waals surface area (Å²) < 4.78 is 29.0. The maximum absolute atomic E-state index is 13.6. The van der Waals surface area contributed by atoms with E-state index in [0.29, 0.717) is 32.0 Å². The second-order valence-corrected chi connectivity index (χ2v) is 13.1. The predicted molar refractivity (Wildman–Crippen MR) is 142 cm³/mol. The first kappa shape index (κ1) is 26.1. The molecule has 1 aromatic heterocycles. The number of carbonyl (C=O) groups excluding carboxylic acids is 1. The summed E-state index contributed by atoms with van der Waals surface area (Å²) in [7, 11) is -3.71. The van der Waals surface area contributed by atoms with Crippen molar-refractivity contribution in [3.63, 3.8) is 0 Å². The highest BCUT2D eigenvalue weighted by molar-refractivity contribution is 7.90. The third kappa shape index (κ3) is 6.84. The van der Waals surface area contributed by atoms with E-state index in [0.717, 1.165) is 35.2 Å². The van der Waals surface area contributed by atoms with Crippen LogP contribution in [0.5, 0.6) is 0 Å². The topological polar surface area (TPSA) is 72.3 Å². The molecule has 1 saturated carbocycles. The number of benzene rings is 2. The minimum absolute atomic E-state index is 0.0549. The van der Waals surface area contributed by atoms with Crippen molar-refractivity contribution in [1.82, 2.24) is 14.5 Å². The second-order valence-electron chi connectivity index (χ2n) is 11.2. The number of hydrogen-bond acceptors (Lipinski definition) is 4. The summed E-state index contributed by atoms with van der Waals surface area (Å²) in [4.78, 5) is 19.6. The van der Waals surface area contributed by atoms with Crippen LogP contribution in [0, 0.1) is 18.3 Å². The molecule has 1 aliphatic rings. The van der Waals surface area contributed by atoms with E-state index in [4.69, 9.17) is 0 Å². The van der Waals surface area contributed by atoms with Crippen LogP contribution in [0.3, 0.4) is 0 Å². The van der Waals surface area contributed by atoms with Gasteiger partial charge in [0.2, 0.25) is 20.9 Å². The zero-order valence-corrected chi connectivity index (χ0v) is 22.6. The summed E-state index contributed by atoms with van der Waals surface area (Å²) in [6.07, 6.45) is 4.36. The first-order valence-corrected chi connectivity index (χ1v) is 14.3. The Bertz CT molecular complexity index is 1300. The molecule has 0 N–H and O–H groups in total. The van der Waals surface area contributed by atoms with Crippen LogP contribution >= 0.6 is 0 Å². The molecule has 0 aliphatic heterocycles. The third-order valence-electron chi connectivity index (χ3n) is 6.53. The van der Waals surface area contributed by atoms with Crippen LogP contribution in [0.25, 0.3) is 0 Å². The molecular formula is C29H37N3O3S. The lowest BCUT2D eigenvalue weighted by molar-refractivity contribution is -0.134. The molecule has 1 fully saturated rings. The van der Waals surface area contributed by atoms with Crippen LogP contribution in [0.2, 0.25) is 0 Å². The van der Waals surface area contributed by atoms with Gasteiger partial charge in [0.25, 0.3) is 0 Å². The lowest BCUT2D eigenvalue weighted by atomic mass is 9.91. The summed E-state index contributed by atoms with van der Waals surface area (Å²) in [6.45, 7) is 9.55. The van der Waals surface area contributed by atoms with Crippen molar-refractivity contribution in [3.8, 4) is 0 Å². The van der Waals surface area contributed by atoms with Gasteiger partial charge in [-0.25, -0.2) is 13.4 Å². The Balaban J connectivity index is 1.69. The normalized spacial score (nSPS) is 14.1. The van der Waals surface area contributed by atoms with Crippen molar-refractivity contribution in [2.75, 3.05) is 6.54 Å². The molecule has 2 aromatic carbocycles. The van der Waals surface area contributed by atoms with E-state index in [1.807, 2.05) is 66.4 Å². The smallest absolute Gasteiger partial charge is 0.228 e. The molecule has 7 heteroatoms. The number of hydrogen-bond donors (Lipinski definition) is 0. The maximum Gasteiger partial charge on any atom is 0.228 e. The van der Waals surface area contributed by atoms with Crippen molar-refractivity contribution in [3.05, 3.63) is 83.2 Å². The summed E-state index contributed by atoms with van der Waals surface area (Å²) in [5.41, 5.74) is 3.31. The molecule has 0 spiro atoms. The first-order chi connectivity index (χ1) is 17.0. The quantitative estimate of drug-likeness (QED) is 0.369. The summed E-state index contributed by atoms with van der Waals surface area (Å²) in [6, 6.07) is 17.3. The lowest BCUT2D eigenvalue weighted by Gasteiger charge is -2.27. The maximum atomic E-state index is 13.6. The Morgan fingerprint density at radius 3 is 2.36 bits per heavy atom. The number of sulfone groups is 1. The number of nitrogens with zero attached hydrogens (tertiary/aromatic N) is 3. The molecule has 36 heavy (non-hydrogen) atoms. The molecule has 0 saturated heterocycles. The minimum Gasteiger partial charge on any atom is -0.337 e. The molecule has 1 amide bonds. The average Bonchev–Trinajstić information content (AvgIpc) is 3.53. The van der Waals surface area contributed by atoms with Gasteiger partial charge >= 0.3 is 0 Å². The van der Waals surface area contributed by atoms with Crippen LogP contribution < -0.4 is 0 Å². The van der Waals surface area contributed by atoms with Gasteiger partial charge in [0.1, 0.15) is 0 Å². The van der Waals surface area contributed by atoms with Crippen LogP contribution in [-0.2, 0) is 33.5 Å². The monoisotopic (exact) mass is 507 g/mol. The van der Waals surface area contributed by atoms with Crippen molar-refractivity contribution in [1.29, 1.82) is 0 Å². The highest BCUT2D eigenvalue weighted by Gasteiger charge is 2.31. The molecule has 0 radical (unpaired) electrons. The van der Waals surface area contributed by atoms with Gasteiger partial charge in [0.15, 0.2) is 0 Å². The van der Waals surface area contributed by atoms with Crippen LogP contribution in [-0.4, -0.2) is 35.3 Å². The average molecular weight is 508 g/mol. The molecule has 0 unspecified atom stereocenters. The first-order valence-electron chi connectivity index (χ1n) is 12.7. The van der Waals surface area contributed by atoms with E-state index in [-0.39, 0.29) is 22.2 Å². The van der Waals surface area contributed by atoms with Crippen molar-refractivity contribution in [2.24, 2.45) is 11.3 Å². The fourth-order valence-electron chi connectivity index (χ4n) is 4.37. The van der Waals surface area contributed by atoms with E-state index < -0.39 is 9.84 Å². The zero-order valence-electron chi connectivity index (χ0n) is 21.8. The van der Waals surface area contributed by atoms with Crippen molar-refractivity contribution in [2.45, 2.75) is 71.0 Å². The van der Waals surface area contributed by atoms with E-state index in [1.54, 1.807) is 10.8 Å². The summed E-state index contributed by atoms with van der Waals surface area (Å²) >= 11 is 0. The number of carbonyl (C=O) groups is 1. The SMILES string of the molecule is Cc1ccccc1CS(=O)(=O)c1ncc(CN(CC2CC2)C(=O)CC(C)(C)C)n1Cc1ccccc1. The number of rotatable bonds is 10. The van der Waals surface area contributed by atoms with Gasteiger partial charge in [-0.05, 0) is 47.8 Å². The Kier molecular flexibility index (Phi) is 7.69. The number of aromatic nitrogens is 2. The largest absolute Gasteiger partial charge is 0.337 e. The molecule has 1 heterocycles. The molecule has 4 rings (SSSR count). The van der Waals surface area contributed by atoms with Gasteiger partial charge in [-0.15, -0.1) is 0 Å². The standard InChI is InChI=1S/C29H37N3O3S/c1-22-10-8-9-13-25(22)21-36(34,35)28-30-17-26(32(28)19-23-11-6-5-7-12-23)20-31(18-24-14-15-24)27(33)16-29(2,3)4/h5-13,17,24H,14-16,18-21H2,1-4H3. The Morgan fingerprint density at radius 2 is 1.72 bits per heavy atom. The molecule has 6 nitrogen and oxygen atoms in total. The minimum atomic E-state index is -3.71. The fourth-order valence-corrected chi connectivity index (χ4v) is 5.96. The fraction of sp³-hybridized carbons (Fsp3) is 0.448. The van der Waals surface area contributed by atoms with Gasteiger partial charge in [-0.3, -0.25) is 4.79 Å². The summed E-state index contributed by atoms with van der Waals surface area (Å²) in [5.74, 6) is 0.523. The molecule has 3 aromatic rings. The van der Waals surface area contributed by atoms with E-state index in [2.05, 4.69) is 25.8 Å². The van der Waals surface area contributed by atoms with Gasteiger partial charge in [-0.1, -0.05) is 75.4 Å². The Labute approximate surface area is 215 Å². The highest BCUT2D eigenvalue weighted by Crippen LogP contribution is 2.32. The van der Waals surface area contributed by atoms with Crippen LogP contribution in [0.1, 0.15) is 62.4 Å². The molecule has 0 atom stereocenters. The second kappa shape index (κ2) is 10.6. The molecule has 1 aliphatic carbocycles. The van der Waals surface area contributed by atoms with Gasteiger partial charge < -0.3 is 9.47 Å². The van der Waals surface area contributed by atoms with E-state index >= 15 is 0 Å². The molecule has 192 valence electrons. The van der Waals surface area contributed by atoms with Crippen LogP contribution in [0.4, 0.5) is 0 Å². The molecule has 0 bridgehead atoms. The van der Waals surface area contributed by atoms with Crippen LogP contribution in [0.15, 0.2) is 66.0 Å². The van der Waals surface area contributed by atoms with E-state index in [9.17, 15) is 13.2 Å². The van der Waals surface area contributed by atoms with Gasteiger partial charge in [0, 0.05) is 13.0 Å². The van der Waals surface area contributed by atoms with Gasteiger partial charge in [-0.2, -0.15) is 0 Å². The lowest BCUT2D eigenvalue weighted by Crippen LogP contribution is -2.35. The highest BCUT2D eigenvalue weighted by atomic mass is 32.2. The summed E-state index contributed by atoms with van der Waals surface area (Å²) in [5, 5.41) is 0.0549. The third-order valence-corrected chi connectivity index (χ3v) is 8.11.